The van der Waals surface area contributed by atoms with E-state index < -0.39 is 0 Å². The molecule has 0 unspecified atom stereocenters. The number of benzene rings is 2. The molecule has 0 radical (unpaired) electrons. The van der Waals surface area contributed by atoms with Gasteiger partial charge >= 0.3 is 0 Å². The van der Waals surface area contributed by atoms with Crippen LogP contribution in [0, 0.1) is 5.92 Å². The average Bonchev–Trinajstić information content (AvgIpc) is 3.23. The smallest absolute Gasteiger partial charge is 0.168 e. The van der Waals surface area contributed by atoms with Crippen molar-refractivity contribution in [3.05, 3.63) is 65.7 Å². The molecule has 2 aliphatic rings. The van der Waals surface area contributed by atoms with Gasteiger partial charge in [-0.3, -0.25) is 4.79 Å². The van der Waals surface area contributed by atoms with Crippen LogP contribution in [-0.2, 0) is 16.8 Å². The van der Waals surface area contributed by atoms with Crippen LogP contribution >= 0.6 is 0 Å². The summed E-state index contributed by atoms with van der Waals surface area (Å²) in [5.74, 6) is 1.36. The van der Waals surface area contributed by atoms with Gasteiger partial charge in [-0.25, -0.2) is 4.98 Å². The first-order valence-corrected chi connectivity index (χ1v) is 9.76. The van der Waals surface area contributed by atoms with Crippen molar-refractivity contribution in [2.45, 2.75) is 45.6 Å². The fourth-order valence-corrected chi connectivity index (χ4v) is 4.81. The van der Waals surface area contributed by atoms with Crippen molar-refractivity contribution < 1.29 is 4.79 Å². The number of ketones is 1. The van der Waals surface area contributed by atoms with E-state index in [0.717, 1.165) is 29.8 Å². The van der Waals surface area contributed by atoms with E-state index in [1.54, 1.807) is 0 Å². The van der Waals surface area contributed by atoms with E-state index in [9.17, 15) is 4.79 Å². The van der Waals surface area contributed by atoms with Crippen molar-refractivity contribution in [2.24, 2.45) is 5.92 Å². The lowest BCUT2D eigenvalue weighted by Crippen LogP contribution is -2.27. The van der Waals surface area contributed by atoms with Gasteiger partial charge in [0.25, 0.3) is 0 Å². The van der Waals surface area contributed by atoms with Gasteiger partial charge in [-0.15, -0.1) is 0 Å². The first kappa shape index (κ1) is 16.5. The molecular formula is C24H24N2O. The van der Waals surface area contributed by atoms with Crippen LogP contribution in [0.2, 0.25) is 0 Å². The van der Waals surface area contributed by atoms with E-state index in [1.165, 1.54) is 21.9 Å². The van der Waals surface area contributed by atoms with E-state index in [-0.39, 0.29) is 11.3 Å². The number of Topliss-reactive ketones (excluding diaryl/α,β-unsaturated/α-hetero) is 1. The maximum atomic E-state index is 13.5. The second kappa shape index (κ2) is 5.66. The molecule has 5 rings (SSSR count). The van der Waals surface area contributed by atoms with Gasteiger partial charge in [0.2, 0.25) is 0 Å². The lowest BCUT2D eigenvalue weighted by atomic mass is 9.81. The number of hydrogen-bond acceptors (Lipinski definition) is 2. The zero-order valence-electron chi connectivity index (χ0n) is 16.1. The maximum absolute atomic E-state index is 13.5. The van der Waals surface area contributed by atoms with Crippen LogP contribution in [0.5, 0.6) is 0 Å². The summed E-state index contributed by atoms with van der Waals surface area (Å²) in [6, 6.07) is 12.8. The molecule has 3 heteroatoms. The molecule has 1 atom stereocenters. The minimum absolute atomic E-state index is 0.0172. The Bertz CT molecular complexity index is 1110. The van der Waals surface area contributed by atoms with Gasteiger partial charge in [-0.05, 0) is 40.3 Å². The van der Waals surface area contributed by atoms with Crippen molar-refractivity contribution in [1.29, 1.82) is 0 Å². The highest BCUT2D eigenvalue weighted by Gasteiger charge is 2.36. The van der Waals surface area contributed by atoms with Gasteiger partial charge in [0, 0.05) is 35.8 Å². The molecule has 0 spiro atoms. The summed E-state index contributed by atoms with van der Waals surface area (Å²) in [6.07, 6.45) is 5.75. The molecule has 1 aromatic heterocycles. The van der Waals surface area contributed by atoms with Crippen LogP contribution in [0.4, 0.5) is 0 Å². The summed E-state index contributed by atoms with van der Waals surface area (Å²) in [5.41, 5.74) is 4.60. The molecule has 2 aromatic carbocycles. The number of hydrogen-bond donors (Lipinski definition) is 0. The molecule has 1 heterocycles. The third-order valence-corrected chi connectivity index (χ3v) is 5.96. The Morgan fingerprint density at radius 1 is 1.11 bits per heavy atom. The number of rotatable bonds is 2. The highest BCUT2D eigenvalue weighted by atomic mass is 16.1. The standard InChI is InChI=1S/C24H24N2O/c1-24(2,3)23-25-12-13-26(23)14-16-10-11-18-17-8-4-6-15-7-5-9-19(20(15)17)21(18)22(16)27/h4-9,12-13,16H,10-11,14H2,1-3H3/t16-/m1/s1. The zero-order chi connectivity index (χ0) is 18.8. The summed E-state index contributed by atoms with van der Waals surface area (Å²) in [7, 11) is 0. The van der Waals surface area contributed by atoms with E-state index >= 15 is 0 Å². The largest absolute Gasteiger partial charge is 0.334 e. The van der Waals surface area contributed by atoms with Crippen molar-refractivity contribution in [3.63, 3.8) is 0 Å². The second-order valence-electron chi connectivity index (χ2n) is 8.82. The maximum Gasteiger partial charge on any atom is 0.168 e. The van der Waals surface area contributed by atoms with E-state index in [2.05, 4.69) is 66.7 Å². The predicted molar refractivity (Wildman–Crippen MR) is 109 cm³/mol. The van der Waals surface area contributed by atoms with Gasteiger partial charge in [0.1, 0.15) is 5.82 Å². The number of allylic oxidation sites excluding steroid dienone is 2. The quantitative estimate of drug-likeness (QED) is 0.629. The predicted octanol–water partition coefficient (Wildman–Crippen LogP) is 5.24. The molecule has 0 amide bonds. The van der Waals surface area contributed by atoms with Crippen molar-refractivity contribution in [3.8, 4) is 0 Å². The summed E-state index contributed by atoms with van der Waals surface area (Å²) in [5, 5.41) is 2.49. The van der Waals surface area contributed by atoms with Crippen LogP contribution in [0.1, 0.15) is 50.6 Å². The number of imidazole rings is 1. The molecule has 2 aliphatic carbocycles. The van der Waals surface area contributed by atoms with Gasteiger partial charge in [-0.1, -0.05) is 57.2 Å². The molecule has 3 aromatic rings. The van der Waals surface area contributed by atoms with Crippen LogP contribution in [-0.4, -0.2) is 15.3 Å². The monoisotopic (exact) mass is 356 g/mol. The Hall–Kier alpha value is -2.68. The van der Waals surface area contributed by atoms with Gasteiger partial charge in [0.15, 0.2) is 5.78 Å². The summed E-state index contributed by atoms with van der Waals surface area (Å²) in [6.45, 7) is 7.23. The lowest BCUT2D eigenvalue weighted by Gasteiger charge is -2.26. The number of carbonyl (C=O) groups excluding carboxylic acids is 1. The average molecular weight is 356 g/mol. The Balaban J connectivity index is 1.54. The number of carbonyl (C=O) groups is 1. The van der Waals surface area contributed by atoms with Crippen LogP contribution in [0.15, 0.2) is 48.8 Å². The van der Waals surface area contributed by atoms with E-state index in [4.69, 9.17) is 0 Å². The fraction of sp³-hybridized carbons (Fsp3) is 0.333. The summed E-state index contributed by atoms with van der Waals surface area (Å²) in [4.78, 5) is 18.1. The normalized spacial score (nSPS) is 19.1. The third kappa shape index (κ3) is 2.41. The fourth-order valence-electron chi connectivity index (χ4n) is 4.81. The highest BCUT2D eigenvalue weighted by Crippen LogP contribution is 2.48. The molecule has 0 N–H and O–H groups in total. The Morgan fingerprint density at radius 3 is 2.59 bits per heavy atom. The summed E-state index contributed by atoms with van der Waals surface area (Å²) < 4.78 is 2.18. The molecule has 0 saturated heterocycles. The number of aromatic nitrogens is 2. The Kier molecular flexibility index (Phi) is 3.45. The molecular weight excluding hydrogens is 332 g/mol. The Morgan fingerprint density at radius 2 is 1.85 bits per heavy atom. The molecule has 0 aliphatic heterocycles. The number of nitrogens with zero attached hydrogens (tertiary/aromatic N) is 2. The molecule has 0 bridgehead atoms. The first-order valence-electron chi connectivity index (χ1n) is 9.76. The topological polar surface area (TPSA) is 34.9 Å². The summed E-state index contributed by atoms with van der Waals surface area (Å²) >= 11 is 0. The minimum Gasteiger partial charge on any atom is -0.334 e. The van der Waals surface area contributed by atoms with Crippen LogP contribution in [0.25, 0.3) is 21.9 Å². The van der Waals surface area contributed by atoms with Gasteiger partial charge < -0.3 is 4.57 Å². The van der Waals surface area contributed by atoms with Crippen LogP contribution < -0.4 is 0 Å². The molecule has 0 fully saturated rings. The Labute approximate surface area is 159 Å². The minimum atomic E-state index is -0.0270. The van der Waals surface area contributed by atoms with Gasteiger partial charge in [0.05, 0.1) is 0 Å². The third-order valence-electron chi connectivity index (χ3n) is 5.96. The van der Waals surface area contributed by atoms with E-state index in [0.29, 0.717) is 12.3 Å². The van der Waals surface area contributed by atoms with E-state index in [1.807, 2.05) is 12.4 Å². The van der Waals surface area contributed by atoms with Gasteiger partial charge in [-0.2, -0.15) is 0 Å². The molecule has 3 nitrogen and oxygen atoms in total. The van der Waals surface area contributed by atoms with Crippen molar-refractivity contribution in [2.75, 3.05) is 0 Å². The van der Waals surface area contributed by atoms with Crippen molar-refractivity contribution >= 4 is 27.7 Å². The highest BCUT2D eigenvalue weighted by molar-refractivity contribution is 6.36. The van der Waals surface area contributed by atoms with Crippen LogP contribution in [0.3, 0.4) is 0 Å². The first-order chi connectivity index (χ1) is 12.9. The zero-order valence-corrected chi connectivity index (χ0v) is 16.1. The lowest BCUT2D eigenvalue weighted by molar-refractivity contribution is -0.118. The molecule has 136 valence electrons. The SMILES string of the molecule is CC(C)(C)c1nccn1C[C@H]1CCC2=C(C1=O)c1cccc3cccc2c13. The molecule has 0 saturated carbocycles. The molecule has 27 heavy (non-hydrogen) atoms. The van der Waals surface area contributed by atoms with Crippen molar-refractivity contribution in [1.82, 2.24) is 9.55 Å². The number of fused-ring (bicyclic) bond motifs is 2. The second-order valence-corrected chi connectivity index (χ2v) is 8.82.